The van der Waals surface area contributed by atoms with Gasteiger partial charge in [-0.25, -0.2) is 9.46 Å². The van der Waals surface area contributed by atoms with Gasteiger partial charge in [-0.3, -0.25) is 4.18 Å². The first-order chi connectivity index (χ1) is 8.52. The third-order valence-corrected chi connectivity index (χ3v) is 5.42. The number of cyclic esters (lactones) is 1. The van der Waals surface area contributed by atoms with Gasteiger partial charge in [0.25, 0.3) is 16.8 Å². The van der Waals surface area contributed by atoms with Crippen LogP contribution in [-0.4, -0.2) is 55.7 Å². The summed E-state index contributed by atoms with van der Waals surface area (Å²) in [5.74, 6) is 0. The Morgan fingerprint density at radius 2 is 2.21 bits per heavy atom. The topological polar surface area (TPSA) is 102 Å². The fraction of sp³-hybridized carbons (Fsp3) is 0.875. The summed E-state index contributed by atoms with van der Waals surface area (Å²) in [6.07, 6.45) is 0.0366. The van der Waals surface area contributed by atoms with Gasteiger partial charge in [-0.05, 0) is 25.7 Å². The van der Waals surface area contributed by atoms with Gasteiger partial charge in [0.2, 0.25) is 0 Å². The third-order valence-electron chi connectivity index (χ3n) is 2.32. The average Bonchev–Trinajstić information content (AvgIpc) is 2.52. The van der Waals surface area contributed by atoms with Gasteiger partial charge in [-0.15, -0.1) is 0 Å². The fourth-order valence-corrected chi connectivity index (χ4v) is 4.55. The van der Waals surface area contributed by atoms with Gasteiger partial charge in [-0.2, -0.15) is 8.42 Å². The highest BCUT2D eigenvalue weighted by molar-refractivity contribution is 8.08. The van der Waals surface area contributed by atoms with Crippen molar-refractivity contribution in [3.05, 3.63) is 0 Å². The second-order valence-corrected chi connectivity index (χ2v) is 8.95. The van der Waals surface area contributed by atoms with Crippen LogP contribution in [0, 0.1) is 0 Å². The summed E-state index contributed by atoms with van der Waals surface area (Å²) < 4.78 is 37.4. The van der Waals surface area contributed by atoms with Crippen LogP contribution in [0.3, 0.4) is 0 Å². The lowest BCUT2D eigenvalue weighted by molar-refractivity contribution is 0.146. The number of carbonyl (C=O) groups excluding carboxylic acids is 1. The van der Waals surface area contributed by atoms with Crippen LogP contribution in [0.1, 0.15) is 13.8 Å². The number of hydrogen-bond acceptors (Lipinski definition) is 7. The van der Waals surface area contributed by atoms with E-state index in [0.717, 1.165) is 10.9 Å². The molecule has 0 radical (unpaired) electrons. The molecule has 0 aromatic heterocycles. The number of amides is 1. The molecule has 0 aromatic carbocycles. The van der Waals surface area contributed by atoms with Crippen LogP contribution >= 0.6 is 6.64 Å². The third kappa shape index (κ3) is 4.11. The number of carbonyl (C=O) groups is 1. The Labute approximate surface area is 117 Å². The lowest BCUT2D eigenvalue weighted by atomic mass is 10.1. The van der Waals surface area contributed by atoms with Crippen LogP contribution in [0.25, 0.3) is 0 Å². The van der Waals surface area contributed by atoms with E-state index in [9.17, 15) is 18.1 Å². The van der Waals surface area contributed by atoms with Crippen molar-refractivity contribution in [2.75, 3.05) is 26.1 Å². The molecule has 0 aliphatic carbocycles. The van der Waals surface area contributed by atoms with E-state index < -0.39 is 28.4 Å². The Kier molecular flexibility index (Phi) is 4.98. The van der Waals surface area contributed by atoms with Crippen molar-refractivity contribution < 1.29 is 31.5 Å². The van der Waals surface area contributed by atoms with Gasteiger partial charge < -0.3 is 14.2 Å². The van der Waals surface area contributed by atoms with Gasteiger partial charge in [-0.1, -0.05) is 0 Å². The number of hydrogen-bond donors (Lipinski definition) is 1. The van der Waals surface area contributed by atoms with E-state index in [1.165, 1.54) is 6.92 Å². The van der Waals surface area contributed by atoms with Crippen molar-refractivity contribution >= 4 is 34.7 Å². The molecule has 0 aromatic rings. The predicted octanol–water partition coefficient (Wildman–Crippen LogP) is 0.427. The molecule has 2 unspecified atom stereocenters. The van der Waals surface area contributed by atoms with Crippen LogP contribution in [0.15, 0.2) is 0 Å². The minimum absolute atomic E-state index is 0.112. The van der Waals surface area contributed by atoms with Crippen molar-refractivity contribution in [1.82, 2.24) is 4.67 Å². The van der Waals surface area contributed by atoms with E-state index in [2.05, 4.69) is 4.18 Å². The largest absolute Gasteiger partial charge is 0.446 e. The van der Waals surface area contributed by atoms with Crippen molar-refractivity contribution in [3.8, 4) is 0 Å². The Hall–Kier alpha value is -0.250. The van der Waals surface area contributed by atoms with Crippen molar-refractivity contribution in [2.45, 2.75) is 19.4 Å². The molecule has 2 atom stereocenters. The van der Waals surface area contributed by atoms with Gasteiger partial charge in [0, 0.05) is 0 Å². The first-order valence-corrected chi connectivity index (χ1v) is 9.75. The zero-order chi connectivity index (χ0) is 14.9. The van der Waals surface area contributed by atoms with E-state index in [1.807, 2.05) is 0 Å². The van der Waals surface area contributed by atoms with Crippen LogP contribution in [0.2, 0.25) is 0 Å². The van der Waals surface area contributed by atoms with Crippen molar-refractivity contribution in [2.24, 2.45) is 0 Å². The van der Waals surface area contributed by atoms with Gasteiger partial charge in [0.15, 0.2) is 0 Å². The van der Waals surface area contributed by atoms with Gasteiger partial charge >= 0.3 is 6.09 Å². The molecule has 0 bridgehead atoms. The Morgan fingerprint density at radius 1 is 1.63 bits per heavy atom. The second kappa shape index (κ2) is 5.63. The van der Waals surface area contributed by atoms with Crippen LogP contribution in [0.4, 0.5) is 4.79 Å². The second-order valence-electron chi connectivity index (χ2n) is 4.24. The number of nitrogens with zero attached hydrogens (tertiary/aromatic N) is 1. The summed E-state index contributed by atoms with van der Waals surface area (Å²) >= 11 is 4.90. The molecular weight excluding hydrogens is 317 g/mol. The summed E-state index contributed by atoms with van der Waals surface area (Å²) in [5, 5.41) is 0. The molecule has 1 heterocycles. The van der Waals surface area contributed by atoms with E-state index in [1.54, 1.807) is 6.92 Å². The maximum atomic E-state index is 11.7. The highest BCUT2D eigenvalue weighted by Crippen LogP contribution is 2.53. The van der Waals surface area contributed by atoms with Crippen molar-refractivity contribution in [1.29, 1.82) is 0 Å². The summed E-state index contributed by atoms with van der Waals surface area (Å²) in [5.41, 5.74) is -1.19. The zero-order valence-electron chi connectivity index (χ0n) is 10.7. The summed E-state index contributed by atoms with van der Waals surface area (Å²) in [6, 6.07) is 0. The number of ether oxygens (including phenoxy) is 1. The smallest absolute Gasteiger partial charge is 0.417 e. The molecule has 8 nitrogen and oxygen atoms in total. The molecule has 0 spiro atoms. The van der Waals surface area contributed by atoms with Crippen LogP contribution < -0.4 is 0 Å². The lowest BCUT2D eigenvalue weighted by Crippen LogP contribution is -2.47. The molecule has 1 aliphatic rings. The zero-order valence-corrected chi connectivity index (χ0v) is 13.3. The lowest BCUT2D eigenvalue weighted by Gasteiger charge is -2.35. The molecule has 1 saturated heterocycles. The van der Waals surface area contributed by atoms with Gasteiger partial charge in [0.1, 0.15) is 12.1 Å². The van der Waals surface area contributed by atoms with Gasteiger partial charge in [0.05, 0.1) is 19.5 Å². The predicted molar refractivity (Wildman–Crippen MR) is 70.5 cm³/mol. The molecule has 11 heteroatoms. The SMILES string of the molecule is CCOP(O)(=S)N1C(=O)OCC1(C)COS(C)(=O)=O. The quantitative estimate of drug-likeness (QED) is 0.551. The average molecular weight is 333 g/mol. The monoisotopic (exact) mass is 333 g/mol. The van der Waals surface area contributed by atoms with Crippen LogP contribution in [0.5, 0.6) is 0 Å². The highest BCUT2D eigenvalue weighted by Gasteiger charge is 2.51. The molecular formula is C8H16NO7PS2. The molecule has 1 rings (SSSR count). The minimum Gasteiger partial charge on any atom is -0.446 e. The van der Waals surface area contributed by atoms with Crippen LogP contribution in [-0.2, 0) is 35.4 Å². The Morgan fingerprint density at radius 3 is 2.68 bits per heavy atom. The first kappa shape index (κ1) is 16.8. The molecule has 0 saturated carbocycles. The highest BCUT2D eigenvalue weighted by atomic mass is 32.5. The molecule has 1 aliphatic heterocycles. The maximum Gasteiger partial charge on any atom is 0.417 e. The minimum atomic E-state index is -3.69. The molecule has 1 fully saturated rings. The maximum absolute atomic E-state index is 11.7. The molecule has 1 N–H and O–H groups in total. The van der Waals surface area contributed by atoms with Crippen molar-refractivity contribution in [3.63, 3.8) is 0 Å². The van der Waals surface area contributed by atoms with E-state index in [4.69, 9.17) is 21.1 Å². The Bertz CT molecular complexity index is 507. The van der Waals surface area contributed by atoms with E-state index >= 15 is 0 Å². The first-order valence-electron chi connectivity index (χ1n) is 5.31. The normalized spacial score (nSPS) is 27.2. The molecule has 112 valence electrons. The van der Waals surface area contributed by atoms with E-state index in [-0.39, 0.29) is 19.8 Å². The summed E-state index contributed by atoms with van der Waals surface area (Å²) in [7, 11) is -3.69. The molecule has 19 heavy (non-hydrogen) atoms. The van der Waals surface area contributed by atoms with E-state index in [0.29, 0.717) is 0 Å². The Balaban J connectivity index is 2.99. The fourth-order valence-electron chi connectivity index (χ4n) is 1.53. The summed E-state index contributed by atoms with van der Waals surface area (Å²) in [4.78, 5) is 21.7. The number of rotatable bonds is 6. The molecule has 1 amide bonds. The summed E-state index contributed by atoms with van der Waals surface area (Å²) in [6.45, 7) is -0.874. The standard InChI is InChI=1S/C8H16NO7PS2/c1-4-15-17(11,18)9-7(10)14-5-8(9,2)6-16-19(3,12)13/h4-6H2,1-3H3,(H,11,18).